The molecule has 4 rings (SSSR count). The van der Waals surface area contributed by atoms with Crippen molar-refractivity contribution in [3.63, 3.8) is 0 Å². The topological polar surface area (TPSA) is 101 Å². The van der Waals surface area contributed by atoms with Crippen molar-refractivity contribution in [2.24, 2.45) is 34.5 Å². The highest BCUT2D eigenvalue weighted by Gasteiger charge is 2.69. The van der Waals surface area contributed by atoms with Crippen molar-refractivity contribution in [3.05, 3.63) is 23.5 Å². The second-order valence-electron chi connectivity index (χ2n) is 10.2. The highest BCUT2D eigenvalue weighted by Crippen LogP contribution is 2.69. The molecule has 0 saturated heterocycles. The van der Waals surface area contributed by atoms with Gasteiger partial charge in [-0.25, -0.2) is 0 Å². The van der Waals surface area contributed by atoms with Crippen LogP contribution >= 0.6 is 0 Å². The van der Waals surface area contributed by atoms with Crippen molar-refractivity contribution in [2.45, 2.75) is 65.4 Å². The Labute approximate surface area is 177 Å². The van der Waals surface area contributed by atoms with E-state index in [-0.39, 0.29) is 35.2 Å². The van der Waals surface area contributed by atoms with Crippen LogP contribution in [-0.4, -0.2) is 40.0 Å². The zero-order valence-electron chi connectivity index (χ0n) is 18.2. The summed E-state index contributed by atoms with van der Waals surface area (Å²) in [5, 5.41) is 20.6. The SMILES string of the molecule is CC(=O)O[C@@]1(C(=O)CO)CC[C@H]2[C@@H]3C[C@H](C)C4=CC(=O)C=C(O)[C@]4(C)[C@H]3CC[C@@]21C. The largest absolute Gasteiger partial charge is 0.511 e. The highest BCUT2D eigenvalue weighted by molar-refractivity contribution is 6.01. The van der Waals surface area contributed by atoms with Gasteiger partial charge in [0.1, 0.15) is 12.4 Å². The van der Waals surface area contributed by atoms with Gasteiger partial charge in [-0.15, -0.1) is 0 Å². The van der Waals surface area contributed by atoms with E-state index in [0.29, 0.717) is 12.8 Å². The van der Waals surface area contributed by atoms with Gasteiger partial charge in [0.25, 0.3) is 0 Å². The molecule has 0 aromatic carbocycles. The van der Waals surface area contributed by atoms with Crippen LogP contribution in [0.2, 0.25) is 0 Å². The molecule has 2 N–H and O–H groups in total. The van der Waals surface area contributed by atoms with Crippen LogP contribution in [0.4, 0.5) is 0 Å². The predicted molar refractivity (Wildman–Crippen MR) is 109 cm³/mol. The van der Waals surface area contributed by atoms with E-state index in [9.17, 15) is 24.6 Å². The normalized spacial score (nSPS) is 44.9. The molecular formula is C24H32O6. The Bertz CT molecular complexity index is 871. The first kappa shape index (κ1) is 21.3. The molecule has 4 aliphatic carbocycles. The Morgan fingerprint density at radius 1 is 1.17 bits per heavy atom. The van der Waals surface area contributed by atoms with Gasteiger partial charge in [-0.05, 0) is 74.3 Å². The first-order chi connectivity index (χ1) is 14.0. The fourth-order valence-corrected chi connectivity index (χ4v) is 7.76. The van der Waals surface area contributed by atoms with Crippen molar-refractivity contribution in [3.8, 4) is 0 Å². The third kappa shape index (κ3) is 2.55. The maximum absolute atomic E-state index is 12.9. The summed E-state index contributed by atoms with van der Waals surface area (Å²) in [6.45, 7) is 6.86. The van der Waals surface area contributed by atoms with E-state index in [0.717, 1.165) is 24.8 Å². The third-order valence-electron chi connectivity index (χ3n) is 9.08. The van der Waals surface area contributed by atoms with Crippen LogP contribution in [0.15, 0.2) is 23.5 Å². The zero-order valence-corrected chi connectivity index (χ0v) is 18.2. The van der Waals surface area contributed by atoms with Crippen molar-refractivity contribution in [1.82, 2.24) is 0 Å². The lowest BCUT2D eigenvalue weighted by molar-refractivity contribution is -0.189. The number of esters is 1. The summed E-state index contributed by atoms with van der Waals surface area (Å²) in [5.74, 6) is -0.273. The molecule has 0 unspecified atom stereocenters. The fourth-order valence-electron chi connectivity index (χ4n) is 7.76. The summed E-state index contributed by atoms with van der Waals surface area (Å²) >= 11 is 0. The average molecular weight is 417 g/mol. The van der Waals surface area contributed by atoms with Gasteiger partial charge in [0.2, 0.25) is 5.78 Å². The number of hydrogen-bond donors (Lipinski definition) is 2. The summed E-state index contributed by atoms with van der Waals surface area (Å²) in [4.78, 5) is 36.9. The van der Waals surface area contributed by atoms with Gasteiger partial charge in [0.05, 0.1) is 0 Å². The average Bonchev–Trinajstić information content (AvgIpc) is 2.96. The summed E-state index contributed by atoms with van der Waals surface area (Å²) < 4.78 is 5.73. The van der Waals surface area contributed by atoms with Crippen LogP contribution in [-0.2, 0) is 19.1 Å². The molecular weight excluding hydrogens is 384 g/mol. The lowest BCUT2D eigenvalue weighted by Crippen LogP contribution is -2.60. The molecule has 3 saturated carbocycles. The highest BCUT2D eigenvalue weighted by atomic mass is 16.6. The van der Waals surface area contributed by atoms with E-state index in [1.54, 1.807) is 6.08 Å². The van der Waals surface area contributed by atoms with Crippen molar-refractivity contribution < 1.29 is 29.3 Å². The Hall–Kier alpha value is -1.95. The molecule has 0 aromatic rings. The van der Waals surface area contributed by atoms with Gasteiger partial charge < -0.3 is 14.9 Å². The van der Waals surface area contributed by atoms with Crippen molar-refractivity contribution in [2.75, 3.05) is 6.61 Å². The lowest BCUT2D eigenvalue weighted by atomic mass is 9.45. The first-order valence-electron chi connectivity index (χ1n) is 11.0. The molecule has 3 fully saturated rings. The lowest BCUT2D eigenvalue weighted by Gasteiger charge is -2.59. The molecule has 7 atom stereocenters. The molecule has 6 nitrogen and oxygen atoms in total. The quantitative estimate of drug-likeness (QED) is 0.685. The number of allylic oxidation sites excluding steroid dienone is 3. The van der Waals surface area contributed by atoms with E-state index in [1.165, 1.54) is 13.0 Å². The molecule has 30 heavy (non-hydrogen) atoms. The molecule has 0 aliphatic heterocycles. The predicted octanol–water partition coefficient (Wildman–Crippen LogP) is 3.29. The van der Waals surface area contributed by atoms with E-state index in [4.69, 9.17) is 4.74 Å². The summed E-state index contributed by atoms with van der Waals surface area (Å²) in [5.41, 5.74) is -1.41. The number of ketones is 2. The van der Waals surface area contributed by atoms with Crippen LogP contribution in [0.5, 0.6) is 0 Å². The zero-order chi connectivity index (χ0) is 22.1. The van der Waals surface area contributed by atoms with Gasteiger partial charge in [0, 0.05) is 23.8 Å². The van der Waals surface area contributed by atoms with E-state index in [1.807, 2.05) is 13.8 Å². The van der Waals surface area contributed by atoms with Crippen molar-refractivity contribution in [1.29, 1.82) is 0 Å². The number of ether oxygens (including phenoxy) is 1. The fraction of sp³-hybridized carbons (Fsp3) is 0.708. The molecule has 0 spiro atoms. The van der Waals surface area contributed by atoms with Crippen LogP contribution in [0.25, 0.3) is 0 Å². The minimum absolute atomic E-state index is 0.135. The Morgan fingerprint density at radius 3 is 2.47 bits per heavy atom. The molecule has 4 aliphatic rings. The maximum atomic E-state index is 12.9. The van der Waals surface area contributed by atoms with Gasteiger partial charge >= 0.3 is 5.97 Å². The van der Waals surface area contributed by atoms with E-state index in [2.05, 4.69) is 6.92 Å². The molecule has 6 heteroatoms. The first-order valence-corrected chi connectivity index (χ1v) is 11.0. The van der Waals surface area contributed by atoms with Crippen molar-refractivity contribution >= 4 is 17.5 Å². The maximum Gasteiger partial charge on any atom is 0.303 e. The number of fused-ring (bicyclic) bond motifs is 5. The number of hydrogen-bond acceptors (Lipinski definition) is 6. The third-order valence-corrected chi connectivity index (χ3v) is 9.08. The van der Waals surface area contributed by atoms with Crippen LogP contribution in [0.1, 0.15) is 59.8 Å². The number of Topliss-reactive ketones (excluding diaryl/α,β-unsaturated/α-hetero) is 1. The number of rotatable bonds is 3. The van der Waals surface area contributed by atoms with E-state index < -0.39 is 34.8 Å². The molecule has 164 valence electrons. The smallest absolute Gasteiger partial charge is 0.303 e. The molecule has 0 amide bonds. The van der Waals surface area contributed by atoms with Gasteiger partial charge in [-0.3, -0.25) is 14.4 Å². The minimum atomic E-state index is -1.29. The Balaban J connectivity index is 1.77. The van der Waals surface area contributed by atoms with Crippen LogP contribution < -0.4 is 0 Å². The number of carbonyl (C=O) groups excluding carboxylic acids is 3. The van der Waals surface area contributed by atoms with Gasteiger partial charge in [0.15, 0.2) is 11.4 Å². The molecule has 0 heterocycles. The monoisotopic (exact) mass is 416 g/mol. The van der Waals surface area contributed by atoms with Crippen LogP contribution in [0.3, 0.4) is 0 Å². The second kappa shape index (κ2) is 6.78. The standard InChI is InChI=1S/C24H32O6/c1-13-9-16-17-6-8-24(21(29)12-25,30-14(2)26)22(17,3)7-5-18(16)23(4)19(13)10-15(27)11-20(23)28/h10-11,13,16-18,25,28H,5-9,12H2,1-4H3/t13-,16-,17-,18-,22-,23+,24+/m0/s1. The minimum Gasteiger partial charge on any atom is -0.511 e. The molecule has 0 bridgehead atoms. The molecule has 0 radical (unpaired) electrons. The van der Waals surface area contributed by atoms with Gasteiger partial charge in [-0.2, -0.15) is 0 Å². The molecule has 0 aromatic heterocycles. The van der Waals surface area contributed by atoms with Crippen LogP contribution in [0, 0.1) is 34.5 Å². The number of aliphatic hydroxyl groups excluding tert-OH is 2. The Kier molecular flexibility index (Phi) is 4.81. The summed E-state index contributed by atoms with van der Waals surface area (Å²) in [6, 6.07) is 0. The summed E-state index contributed by atoms with van der Waals surface area (Å²) in [7, 11) is 0. The number of carbonyl (C=O) groups is 3. The van der Waals surface area contributed by atoms with E-state index >= 15 is 0 Å². The number of aliphatic hydroxyl groups is 2. The Morgan fingerprint density at radius 2 is 1.83 bits per heavy atom. The van der Waals surface area contributed by atoms with Gasteiger partial charge in [-0.1, -0.05) is 13.8 Å². The summed E-state index contributed by atoms with van der Waals surface area (Å²) in [6.07, 6.45) is 6.49. The second-order valence-corrected chi connectivity index (χ2v) is 10.2.